The number of rotatable bonds is 4. The van der Waals surface area contributed by atoms with Crippen LogP contribution < -0.4 is 5.32 Å². The lowest BCUT2D eigenvalue weighted by Gasteiger charge is -2.46. The van der Waals surface area contributed by atoms with Gasteiger partial charge in [0.25, 0.3) is 0 Å². The summed E-state index contributed by atoms with van der Waals surface area (Å²) in [6.07, 6.45) is 0. The molecule has 0 radical (unpaired) electrons. The molecule has 0 bridgehead atoms. The quantitative estimate of drug-likeness (QED) is 0.918. The highest BCUT2D eigenvalue weighted by atomic mass is 19.1. The number of likely N-dealkylation sites (N-methyl/N-ethyl adjacent to an activating group) is 1. The minimum absolute atomic E-state index is 0.103. The summed E-state index contributed by atoms with van der Waals surface area (Å²) in [5, 5.41) is 3.08. The van der Waals surface area contributed by atoms with Crippen LogP contribution >= 0.6 is 0 Å². The molecule has 3 nitrogen and oxygen atoms in total. The maximum atomic E-state index is 14.1. The number of morpholine rings is 1. The molecule has 1 aliphatic heterocycles. The molecule has 0 aliphatic carbocycles. The van der Waals surface area contributed by atoms with E-state index in [1.54, 1.807) is 7.05 Å². The summed E-state index contributed by atoms with van der Waals surface area (Å²) in [4.78, 5) is 2.21. The number of benzene rings is 1. The first-order valence-electron chi connectivity index (χ1n) is 6.92. The Morgan fingerprint density at radius 1 is 1.20 bits per heavy atom. The zero-order valence-electron chi connectivity index (χ0n) is 12.2. The van der Waals surface area contributed by atoms with Crippen molar-refractivity contribution in [3.63, 3.8) is 0 Å². The number of hydrogen-bond acceptors (Lipinski definition) is 3. The van der Waals surface area contributed by atoms with Crippen molar-refractivity contribution in [3.8, 4) is 0 Å². The smallest absolute Gasteiger partial charge is 0.130 e. The van der Waals surface area contributed by atoms with Gasteiger partial charge in [0.15, 0.2) is 0 Å². The van der Waals surface area contributed by atoms with Crippen molar-refractivity contribution in [1.82, 2.24) is 10.2 Å². The average molecular weight is 284 g/mol. The number of halogens is 2. The molecular formula is C15H22F2N2O. The second-order valence-corrected chi connectivity index (χ2v) is 5.61. The lowest BCUT2D eigenvalue weighted by molar-refractivity contribution is -0.0237. The van der Waals surface area contributed by atoms with E-state index < -0.39 is 23.2 Å². The second-order valence-electron chi connectivity index (χ2n) is 5.61. The molecule has 0 saturated carbocycles. The van der Waals surface area contributed by atoms with Gasteiger partial charge < -0.3 is 10.1 Å². The van der Waals surface area contributed by atoms with Crippen LogP contribution in [0.5, 0.6) is 0 Å². The molecule has 1 fully saturated rings. The normalized spacial score (nSPS) is 19.1. The van der Waals surface area contributed by atoms with Crippen LogP contribution in [0.1, 0.15) is 25.5 Å². The van der Waals surface area contributed by atoms with Gasteiger partial charge in [-0.2, -0.15) is 0 Å². The fraction of sp³-hybridized carbons (Fsp3) is 0.600. The first-order chi connectivity index (χ1) is 9.48. The Kier molecular flexibility index (Phi) is 4.73. The van der Waals surface area contributed by atoms with Crippen LogP contribution in [0.2, 0.25) is 0 Å². The van der Waals surface area contributed by atoms with E-state index in [0.717, 1.165) is 13.1 Å². The first kappa shape index (κ1) is 15.4. The first-order valence-corrected chi connectivity index (χ1v) is 6.92. The van der Waals surface area contributed by atoms with Crippen molar-refractivity contribution in [2.75, 3.05) is 33.4 Å². The molecular weight excluding hydrogens is 262 g/mol. The van der Waals surface area contributed by atoms with Crippen LogP contribution in [-0.2, 0) is 4.74 Å². The van der Waals surface area contributed by atoms with Crippen LogP contribution in [-0.4, -0.2) is 43.8 Å². The van der Waals surface area contributed by atoms with Gasteiger partial charge in [0.2, 0.25) is 0 Å². The summed E-state index contributed by atoms with van der Waals surface area (Å²) >= 11 is 0. The Morgan fingerprint density at radius 3 is 2.25 bits per heavy atom. The van der Waals surface area contributed by atoms with E-state index in [-0.39, 0.29) is 5.56 Å². The average Bonchev–Trinajstić information content (AvgIpc) is 2.43. The van der Waals surface area contributed by atoms with E-state index in [4.69, 9.17) is 4.74 Å². The second kappa shape index (κ2) is 6.16. The van der Waals surface area contributed by atoms with E-state index in [1.165, 1.54) is 18.2 Å². The standard InChI is InChI=1S/C15H22F2N2O/c1-15(2,19-7-9-20-10-8-19)14(18-3)13-11(16)5-4-6-12(13)17/h4-6,14,18H,7-10H2,1-3H3. The number of nitrogens with zero attached hydrogens (tertiary/aromatic N) is 1. The SMILES string of the molecule is CNC(c1c(F)cccc1F)C(C)(C)N1CCOCC1. The third-order valence-corrected chi connectivity index (χ3v) is 4.11. The maximum Gasteiger partial charge on any atom is 0.130 e. The van der Waals surface area contributed by atoms with Crippen molar-refractivity contribution in [1.29, 1.82) is 0 Å². The predicted octanol–water partition coefficient (Wildman–Crippen LogP) is 2.34. The van der Waals surface area contributed by atoms with Crippen LogP contribution in [0.25, 0.3) is 0 Å². The molecule has 1 saturated heterocycles. The summed E-state index contributed by atoms with van der Waals surface area (Å²) in [5.74, 6) is -1.02. The van der Waals surface area contributed by atoms with E-state index in [1.807, 2.05) is 13.8 Å². The summed E-state index contributed by atoms with van der Waals surface area (Å²) in [6.45, 7) is 6.85. The molecule has 1 heterocycles. The largest absolute Gasteiger partial charge is 0.379 e. The molecule has 5 heteroatoms. The van der Waals surface area contributed by atoms with Crippen LogP contribution in [0, 0.1) is 11.6 Å². The molecule has 0 amide bonds. The highest BCUT2D eigenvalue weighted by Crippen LogP contribution is 2.34. The monoisotopic (exact) mass is 284 g/mol. The van der Waals surface area contributed by atoms with Gasteiger partial charge in [-0.05, 0) is 33.0 Å². The highest BCUT2D eigenvalue weighted by Gasteiger charge is 2.38. The lowest BCUT2D eigenvalue weighted by atomic mass is 9.86. The van der Waals surface area contributed by atoms with Crippen LogP contribution in [0.3, 0.4) is 0 Å². The fourth-order valence-electron chi connectivity index (χ4n) is 2.96. The van der Waals surface area contributed by atoms with Gasteiger partial charge in [0, 0.05) is 24.2 Å². The van der Waals surface area contributed by atoms with Crippen LogP contribution in [0.4, 0.5) is 8.78 Å². The van der Waals surface area contributed by atoms with Crippen molar-refractivity contribution < 1.29 is 13.5 Å². The predicted molar refractivity (Wildman–Crippen MR) is 74.6 cm³/mol. The maximum absolute atomic E-state index is 14.1. The third-order valence-electron chi connectivity index (χ3n) is 4.11. The topological polar surface area (TPSA) is 24.5 Å². The Bertz CT molecular complexity index is 439. The molecule has 1 aromatic carbocycles. The van der Waals surface area contributed by atoms with Gasteiger partial charge in [-0.25, -0.2) is 8.78 Å². The van der Waals surface area contributed by atoms with E-state index in [2.05, 4.69) is 10.2 Å². The zero-order valence-corrected chi connectivity index (χ0v) is 12.2. The van der Waals surface area contributed by atoms with Gasteiger partial charge in [-0.15, -0.1) is 0 Å². The summed E-state index contributed by atoms with van der Waals surface area (Å²) in [7, 11) is 1.73. The molecule has 1 unspecified atom stereocenters. The van der Waals surface area contributed by atoms with Crippen molar-refractivity contribution in [2.45, 2.75) is 25.4 Å². The lowest BCUT2D eigenvalue weighted by Crippen LogP contribution is -2.56. The summed E-state index contributed by atoms with van der Waals surface area (Å²) in [5.41, 5.74) is -0.312. The summed E-state index contributed by atoms with van der Waals surface area (Å²) in [6, 6.07) is 3.57. The Balaban J connectivity index is 2.35. The van der Waals surface area contributed by atoms with Gasteiger partial charge in [0.1, 0.15) is 11.6 Å². The van der Waals surface area contributed by atoms with Gasteiger partial charge in [-0.1, -0.05) is 6.07 Å². The molecule has 112 valence electrons. The number of nitrogens with one attached hydrogen (secondary N) is 1. The van der Waals surface area contributed by atoms with Crippen LogP contribution in [0.15, 0.2) is 18.2 Å². The van der Waals surface area contributed by atoms with E-state index >= 15 is 0 Å². The molecule has 1 aliphatic rings. The molecule has 0 spiro atoms. The van der Waals surface area contributed by atoms with E-state index in [0.29, 0.717) is 13.2 Å². The van der Waals surface area contributed by atoms with Crippen molar-refractivity contribution in [3.05, 3.63) is 35.4 Å². The third kappa shape index (κ3) is 2.85. The molecule has 2 rings (SSSR count). The van der Waals surface area contributed by atoms with Crippen molar-refractivity contribution in [2.24, 2.45) is 0 Å². The van der Waals surface area contributed by atoms with Crippen molar-refractivity contribution >= 4 is 0 Å². The Hall–Kier alpha value is -1.04. The molecule has 0 aromatic heterocycles. The minimum atomic E-state index is -0.509. The molecule has 1 N–H and O–H groups in total. The molecule has 1 aromatic rings. The van der Waals surface area contributed by atoms with Gasteiger partial charge in [-0.3, -0.25) is 4.90 Å². The number of hydrogen-bond donors (Lipinski definition) is 1. The Labute approximate surface area is 118 Å². The van der Waals surface area contributed by atoms with Gasteiger partial charge in [0.05, 0.1) is 19.3 Å². The fourth-order valence-corrected chi connectivity index (χ4v) is 2.96. The Morgan fingerprint density at radius 2 is 1.75 bits per heavy atom. The van der Waals surface area contributed by atoms with E-state index in [9.17, 15) is 8.78 Å². The number of ether oxygens (including phenoxy) is 1. The molecule has 20 heavy (non-hydrogen) atoms. The zero-order chi connectivity index (χ0) is 14.8. The summed E-state index contributed by atoms with van der Waals surface area (Å²) < 4.78 is 33.5. The highest BCUT2D eigenvalue weighted by molar-refractivity contribution is 5.26. The minimum Gasteiger partial charge on any atom is -0.379 e. The molecule has 1 atom stereocenters. The van der Waals surface area contributed by atoms with Gasteiger partial charge >= 0.3 is 0 Å².